The van der Waals surface area contributed by atoms with Gasteiger partial charge in [0.2, 0.25) is 17.8 Å². The molecule has 4 saturated heterocycles. The van der Waals surface area contributed by atoms with E-state index in [0.29, 0.717) is 52.7 Å². The third-order valence-electron chi connectivity index (χ3n) is 15.3. The van der Waals surface area contributed by atoms with Crippen molar-refractivity contribution in [1.29, 1.82) is 0 Å². The summed E-state index contributed by atoms with van der Waals surface area (Å²) in [5.74, 6) is 6.04. The lowest BCUT2D eigenvalue weighted by Gasteiger charge is -2.47. The van der Waals surface area contributed by atoms with Gasteiger partial charge < -0.3 is 50.5 Å². The Labute approximate surface area is 397 Å². The molecule has 5 fully saturated rings. The van der Waals surface area contributed by atoms with Crippen LogP contribution in [0.4, 0.5) is 16.0 Å². The first-order valence-electron chi connectivity index (χ1n) is 24.6. The molecule has 6 N–H and O–H groups in total. The predicted octanol–water partition coefficient (Wildman–Crippen LogP) is 4.54. The zero-order valence-corrected chi connectivity index (χ0v) is 39.4. The average molecular weight is 936 g/mol. The van der Waals surface area contributed by atoms with Crippen molar-refractivity contribution in [2.24, 2.45) is 23.5 Å². The maximum atomic E-state index is 15.7. The molecule has 18 heteroatoms. The number of nitrogen functional groups attached to an aromatic ring is 1. The second kappa shape index (κ2) is 20.5. The second-order valence-electron chi connectivity index (χ2n) is 20.1. The van der Waals surface area contributed by atoms with Crippen LogP contribution in [0.5, 0.6) is 5.75 Å². The van der Waals surface area contributed by atoms with Gasteiger partial charge >= 0.3 is 0 Å². The second-order valence-corrected chi connectivity index (χ2v) is 20.1. The maximum absolute atomic E-state index is 15.7. The number of aliphatic hydroxyl groups is 1. The molecule has 1 aromatic carbocycles. The fourth-order valence-electron chi connectivity index (χ4n) is 11.1. The molecule has 5 aliphatic rings. The molecule has 0 bridgehead atoms. The van der Waals surface area contributed by atoms with Crippen molar-refractivity contribution >= 4 is 23.5 Å². The molecule has 1 aliphatic carbocycles. The Kier molecular flexibility index (Phi) is 14.3. The number of phenols is 1. The number of rotatable bonds is 13. The summed E-state index contributed by atoms with van der Waals surface area (Å²) in [4.78, 5) is 34.5. The van der Waals surface area contributed by atoms with Crippen molar-refractivity contribution in [3.63, 3.8) is 0 Å². The number of anilines is 2. The van der Waals surface area contributed by atoms with Crippen LogP contribution in [0.2, 0.25) is 0 Å². The van der Waals surface area contributed by atoms with E-state index in [2.05, 4.69) is 47.0 Å². The lowest BCUT2D eigenvalue weighted by molar-refractivity contribution is -0.139. The normalized spacial score (nSPS) is 24.4. The number of carbonyl (C=O) groups is 2. The summed E-state index contributed by atoms with van der Waals surface area (Å²) in [6.07, 6.45) is 9.79. The lowest BCUT2D eigenvalue weighted by atomic mass is 9.83. The van der Waals surface area contributed by atoms with Crippen LogP contribution < -0.4 is 16.4 Å². The molecule has 1 unspecified atom stereocenters. The van der Waals surface area contributed by atoms with E-state index in [9.17, 15) is 19.8 Å². The summed E-state index contributed by atoms with van der Waals surface area (Å²) in [7, 11) is 0. The number of aromatic nitrogens is 5. The number of nitrogens with zero attached hydrogens (tertiary/aromatic N) is 9. The summed E-state index contributed by atoms with van der Waals surface area (Å²) >= 11 is 0. The van der Waals surface area contributed by atoms with E-state index >= 15 is 4.39 Å². The van der Waals surface area contributed by atoms with Crippen LogP contribution in [0.25, 0.3) is 11.3 Å². The number of halogens is 1. The molecule has 4 aliphatic heterocycles. The highest BCUT2D eigenvalue weighted by Crippen LogP contribution is 2.38. The molecular formula is C50H66FN11O6. The molecule has 4 atom stereocenters. The molecular weight excluding hydrogens is 870 g/mol. The number of aliphatic hydroxyl groups excluding tert-OH is 1. The van der Waals surface area contributed by atoms with Gasteiger partial charge in [0.15, 0.2) is 17.4 Å². The number of aromatic hydroxyl groups is 1. The van der Waals surface area contributed by atoms with E-state index in [1.165, 1.54) is 15.8 Å². The van der Waals surface area contributed by atoms with Crippen molar-refractivity contribution in [1.82, 2.24) is 39.8 Å². The fourth-order valence-corrected chi connectivity index (χ4v) is 11.1. The van der Waals surface area contributed by atoms with Crippen LogP contribution in [0.15, 0.2) is 47.1 Å². The van der Waals surface area contributed by atoms with Crippen LogP contribution in [0.3, 0.4) is 0 Å². The minimum Gasteiger partial charge on any atom is -0.507 e. The molecule has 2 amide bonds. The first-order valence-corrected chi connectivity index (χ1v) is 24.6. The van der Waals surface area contributed by atoms with Crippen molar-refractivity contribution in [2.75, 3.05) is 63.0 Å². The topological polar surface area (TPSA) is 218 Å². The molecule has 7 heterocycles. The highest BCUT2D eigenvalue weighted by Gasteiger charge is 2.43. The summed E-state index contributed by atoms with van der Waals surface area (Å²) in [6, 6.07) is 9.91. The molecule has 4 aromatic rings. The first-order chi connectivity index (χ1) is 32.8. The summed E-state index contributed by atoms with van der Waals surface area (Å²) in [6.45, 7) is 12.9. The number of piperidine rings is 3. The van der Waals surface area contributed by atoms with Crippen molar-refractivity contribution in [2.45, 2.75) is 121 Å². The van der Waals surface area contributed by atoms with Crippen molar-refractivity contribution < 1.29 is 33.5 Å². The molecule has 1 saturated carbocycles. The monoisotopic (exact) mass is 936 g/mol. The van der Waals surface area contributed by atoms with E-state index in [-0.39, 0.29) is 48.0 Å². The Bertz CT molecular complexity index is 2460. The molecule has 0 radical (unpaired) electrons. The van der Waals surface area contributed by atoms with Crippen LogP contribution in [-0.4, -0.2) is 145 Å². The van der Waals surface area contributed by atoms with Crippen LogP contribution >= 0.6 is 0 Å². The van der Waals surface area contributed by atoms with Gasteiger partial charge in [-0.05, 0) is 107 Å². The van der Waals surface area contributed by atoms with E-state index in [4.69, 9.17) is 20.7 Å². The molecule has 3 aromatic heterocycles. The number of carbonyl (C=O) groups excluding carboxylic acids is 2. The standard InChI is InChI=1S/C50H66FN11O6/c1-30(2)46(50(66)61-29-37(63)25-42(61)49(53)65)44-26-45(57-68-44)60-18-10-32(11-19-60)28-58-16-14-38(15-17-58)67-39-23-36(24-39)59-20-12-33(13-21-59)31(3)62-47(51)35(27-54-62)9-8-34-22-41(55-56-48(34)52)40-6-4-5-7-43(40)64/h4-7,22,26-27,30-33,36-39,42,46,63-64H,10-21,23-25,28-29H2,1-3H3,(H2,52,56)(H2,53,65)/t31?,36?,37-,39?,42+,46-/m1/s1. The summed E-state index contributed by atoms with van der Waals surface area (Å²) < 4.78 is 29.6. The van der Waals surface area contributed by atoms with Crippen LogP contribution in [0.1, 0.15) is 107 Å². The molecule has 68 heavy (non-hydrogen) atoms. The number of primary amides is 1. The van der Waals surface area contributed by atoms with Crippen molar-refractivity contribution in [3.05, 3.63) is 65.4 Å². The zero-order chi connectivity index (χ0) is 47.6. The first kappa shape index (κ1) is 47.5. The lowest BCUT2D eigenvalue weighted by Crippen LogP contribution is -2.52. The minimum atomic E-state index is -0.823. The number of β-amino-alcohol motifs (C(OH)–C–C–N with tert-alkyl or cyclic N) is 1. The van der Waals surface area contributed by atoms with Gasteiger partial charge in [-0.2, -0.15) is 9.49 Å². The summed E-state index contributed by atoms with van der Waals surface area (Å²) in [5, 5.41) is 37.3. The van der Waals surface area contributed by atoms with Gasteiger partial charge in [0.05, 0.1) is 47.4 Å². The van der Waals surface area contributed by atoms with E-state index < -0.39 is 29.9 Å². The Morgan fingerprint density at radius 3 is 2.35 bits per heavy atom. The van der Waals surface area contributed by atoms with Crippen molar-refractivity contribution in [3.8, 4) is 28.8 Å². The minimum absolute atomic E-state index is 0.0655. The van der Waals surface area contributed by atoms with Gasteiger partial charge in [-0.3, -0.25) is 9.59 Å². The fraction of sp³-hybridized carbons (Fsp3) is 0.600. The van der Waals surface area contributed by atoms with Gasteiger partial charge in [0.25, 0.3) is 0 Å². The van der Waals surface area contributed by atoms with Crippen LogP contribution in [0, 0.1) is 35.5 Å². The number of ether oxygens (including phenoxy) is 1. The maximum Gasteiger partial charge on any atom is 0.240 e. The third kappa shape index (κ3) is 10.4. The number of likely N-dealkylation sites (tertiary alicyclic amines) is 3. The number of para-hydroxylation sites is 1. The smallest absolute Gasteiger partial charge is 0.240 e. The number of amides is 2. The largest absolute Gasteiger partial charge is 0.507 e. The SMILES string of the molecule is CC(C)[C@@H](C(=O)N1C[C@H](O)C[C@H]1C(N)=O)c1cc(N2CCC(CN3CCC(OC4CC(N5CCC(C(C)n6ncc(C#Cc7cc(-c8ccccc8O)nnc7N)c6F)CC5)C4)CC3)CC2)no1. The average Bonchev–Trinajstić information content (AvgIpc) is 4.07. The number of hydrogen-bond donors (Lipinski definition) is 4. The molecule has 364 valence electrons. The summed E-state index contributed by atoms with van der Waals surface area (Å²) in [5.41, 5.74) is 13.1. The number of hydrogen-bond acceptors (Lipinski definition) is 14. The van der Waals surface area contributed by atoms with E-state index in [1.54, 1.807) is 30.3 Å². The van der Waals surface area contributed by atoms with Crippen LogP contribution in [-0.2, 0) is 14.3 Å². The quantitative estimate of drug-likeness (QED) is 0.135. The van der Waals surface area contributed by atoms with Gasteiger partial charge in [0, 0.05) is 63.4 Å². The zero-order valence-electron chi connectivity index (χ0n) is 39.4. The molecule has 9 rings (SSSR count). The predicted molar refractivity (Wildman–Crippen MR) is 252 cm³/mol. The van der Waals surface area contributed by atoms with E-state index in [0.717, 1.165) is 103 Å². The Hall–Kier alpha value is -5.61. The van der Waals surface area contributed by atoms with E-state index in [1.807, 2.05) is 26.8 Å². The van der Waals surface area contributed by atoms with Gasteiger partial charge in [-0.15, -0.1) is 10.2 Å². The number of nitrogens with two attached hydrogens (primary N) is 2. The third-order valence-corrected chi connectivity index (χ3v) is 15.3. The van der Waals surface area contributed by atoms with Gasteiger partial charge in [0.1, 0.15) is 17.7 Å². The number of phenolic OH excluding ortho intramolecular Hbond substituents is 1. The Morgan fingerprint density at radius 2 is 1.65 bits per heavy atom. The molecule has 17 nitrogen and oxygen atoms in total. The Balaban J connectivity index is 0.669. The highest BCUT2D eigenvalue weighted by molar-refractivity contribution is 5.90. The molecule has 0 spiro atoms. The highest BCUT2D eigenvalue weighted by atomic mass is 19.1. The number of benzene rings is 1. The Morgan fingerprint density at radius 1 is 0.926 bits per heavy atom. The van der Waals surface area contributed by atoms with Gasteiger partial charge in [-0.25, -0.2) is 4.68 Å². The van der Waals surface area contributed by atoms with Gasteiger partial charge in [-0.1, -0.05) is 43.0 Å².